The van der Waals surface area contributed by atoms with E-state index in [2.05, 4.69) is 0 Å². The molecule has 0 heterocycles. The molecule has 0 bridgehead atoms. The summed E-state index contributed by atoms with van der Waals surface area (Å²) >= 11 is 10.3. The van der Waals surface area contributed by atoms with Crippen LogP contribution < -0.4 is 0 Å². The molecule has 142 valence electrons. The van der Waals surface area contributed by atoms with Crippen molar-refractivity contribution in [2.75, 3.05) is 0 Å². The largest absolute Gasteiger partial charge is 0.416 e. The zero-order valence-corrected chi connectivity index (χ0v) is 13.7. The van der Waals surface area contributed by atoms with Gasteiger partial charge in [-0.2, -0.15) is 26.3 Å². The van der Waals surface area contributed by atoms with Gasteiger partial charge in [-0.05, 0) is 30.3 Å². The fraction of sp³-hybridized carbons (Fsp3) is 0.133. The Kier molecular flexibility index (Phi) is 7.01. The van der Waals surface area contributed by atoms with E-state index in [1.165, 1.54) is 0 Å². The van der Waals surface area contributed by atoms with Crippen molar-refractivity contribution >= 4 is 29.5 Å². The first-order valence-corrected chi connectivity index (χ1v) is 7.06. The zero-order valence-electron chi connectivity index (χ0n) is 12.2. The Hall–Kier alpha value is -1.87. The first-order valence-electron chi connectivity index (χ1n) is 6.31. The number of rotatable bonds is 1. The Morgan fingerprint density at radius 3 is 1.69 bits per heavy atom. The molecule has 26 heavy (non-hydrogen) atoms. The van der Waals surface area contributed by atoms with Gasteiger partial charge in [-0.15, -0.1) is 0 Å². The summed E-state index contributed by atoms with van der Waals surface area (Å²) < 4.78 is 97.3. The van der Waals surface area contributed by atoms with Crippen LogP contribution >= 0.6 is 23.2 Å². The molecule has 0 N–H and O–H groups in total. The summed E-state index contributed by atoms with van der Waals surface area (Å²) in [5.41, 5.74) is -2.80. The van der Waals surface area contributed by atoms with Crippen molar-refractivity contribution in [1.29, 1.82) is 0 Å². The minimum Gasteiger partial charge on any atom is -0.298 e. The first-order chi connectivity index (χ1) is 11.8. The van der Waals surface area contributed by atoms with Crippen molar-refractivity contribution in [3.05, 3.63) is 68.7 Å². The number of halogens is 10. The monoisotopic (exact) mass is 424 g/mol. The molecule has 11 heteroatoms. The van der Waals surface area contributed by atoms with E-state index in [0.717, 1.165) is 0 Å². The van der Waals surface area contributed by atoms with E-state index in [0.29, 0.717) is 30.3 Å². The van der Waals surface area contributed by atoms with Gasteiger partial charge in [0.1, 0.15) is 5.82 Å². The Balaban J connectivity index is 0.000000263. The van der Waals surface area contributed by atoms with Crippen LogP contribution in [0.1, 0.15) is 21.5 Å². The van der Waals surface area contributed by atoms with Crippen LogP contribution in [0.25, 0.3) is 0 Å². The number of carbonyl (C=O) groups is 1. The van der Waals surface area contributed by atoms with Gasteiger partial charge in [-0.1, -0.05) is 23.2 Å². The summed E-state index contributed by atoms with van der Waals surface area (Å²) in [6, 6.07) is 2.72. The third-order valence-electron chi connectivity index (χ3n) is 2.76. The fourth-order valence-electron chi connectivity index (χ4n) is 1.53. The fourth-order valence-corrected chi connectivity index (χ4v) is 1.94. The van der Waals surface area contributed by atoms with Crippen LogP contribution in [0.4, 0.5) is 35.1 Å². The SMILES string of the molecule is Fc1ccc(C(F)(F)F)cc1Cl.O=Cc1cc(C(F)(F)F)cc(Cl)c1F. The summed E-state index contributed by atoms with van der Waals surface area (Å²) in [4.78, 5) is 10.2. The van der Waals surface area contributed by atoms with E-state index in [1.54, 1.807) is 0 Å². The lowest BCUT2D eigenvalue weighted by molar-refractivity contribution is -0.138. The van der Waals surface area contributed by atoms with Crippen molar-refractivity contribution in [2.45, 2.75) is 12.4 Å². The zero-order chi connectivity index (χ0) is 20.3. The van der Waals surface area contributed by atoms with Crippen LogP contribution in [0.2, 0.25) is 10.0 Å². The molecule has 2 aromatic rings. The van der Waals surface area contributed by atoms with Gasteiger partial charge in [-0.3, -0.25) is 4.79 Å². The number of benzene rings is 2. The van der Waals surface area contributed by atoms with E-state index in [1.807, 2.05) is 0 Å². The number of hydrogen-bond acceptors (Lipinski definition) is 1. The van der Waals surface area contributed by atoms with Gasteiger partial charge < -0.3 is 0 Å². The summed E-state index contributed by atoms with van der Waals surface area (Å²) in [6.45, 7) is 0. The summed E-state index contributed by atoms with van der Waals surface area (Å²) in [5, 5.41) is -1.24. The van der Waals surface area contributed by atoms with E-state index in [9.17, 15) is 39.9 Å². The molecule has 0 spiro atoms. The second kappa shape index (κ2) is 8.22. The second-order valence-corrected chi connectivity index (χ2v) is 5.42. The maximum absolute atomic E-state index is 12.8. The molecule has 2 rings (SSSR count). The van der Waals surface area contributed by atoms with Crippen LogP contribution in [-0.4, -0.2) is 6.29 Å². The average molecular weight is 425 g/mol. The predicted octanol–water partition coefficient (Wildman–Crippen LogP) is 6.81. The Morgan fingerprint density at radius 2 is 1.27 bits per heavy atom. The van der Waals surface area contributed by atoms with Gasteiger partial charge in [0.25, 0.3) is 0 Å². The molecule has 0 aliphatic heterocycles. The van der Waals surface area contributed by atoms with E-state index in [-0.39, 0.29) is 6.29 Å². The minimum atomic E-state index is -4.64. The van der Waals surface area contributed by atoms with Crippen molar-refractivity contribution in [3.8, 4) is 0 Å². The lowest BCUT2D eigenvalue weighted by atomic mass is 10.1. The molecule has 0 radical (unpaired) electrons. The third kappa shape index (κ3) is 5.84. The third-order valence-corrected chi connectivity index (χ3v) is 3.32. The maximum Gasteiger partial charge on any atom is 0.416 e. The van der Waals surface area contributed by atoms with E-state index in [4.69, 9.17) is 23.2 Å². The molecule has 0 unspecified atom stereocenters. The molecule has 0 aromatic heterocycles. The van der Waals surface area contributed by atoms with Crippen molar-refractivity contribution in [3.63, 3.8) is 0 Å². The summed E-state index contributed by atoms with van der Waals surface area (Å²) in [5.74, 6) is -2.00. The number of alkyl halides is 6. The lowest BCUT2D eigenvalue weighted by Gasteiger charge is -2.08. The van der Waals surface area contributed by atoms with E-state index >= 15 is 0 Å². The molecule has 2 aromatic carbocycles. The van der Waals surface area contributed by atoms with Gasteiger partial charge in [0.15, 0.2) is 12.1 Å². The predicted molar refractivity (Wildman–Crippen MR) is 78.2 cm³/mol. The molecule has 0 aliphatic rings. The maximum atomic E-state index is 12.8. The van der Waals surface area contributed by atoms with Crippen LogP contribution in [0, 0.1) is 11.6 Å². The quantitative estimate of drug-likeness (QED) is 0.363. The highest BCUT2D eigenvalue weighted by atomic mass is 35.5. The number of carbonyl (C=O) groups excluding carboxylic acids is 1. The Bertz CT molecular complexity index is 799. The first kappa shape index (κ1) is 22.2. The number of aldehydes is 1. The molecule has 0 atom stereocenters. The Morgan fingerprint density at radius 1 is 0.769 bits per heavy atom. The molecule has 0 saturated heterocycles. The topological polar surface area (TPSA) is 17.1 Å². The highest BCUT2D eigenvalue weighted by Crippen LogP contribution is 2.33. The van der Waals surface area contributed by atoms with Gasteiger partial charge in [-0.25, -0.2) is 8.78 Å². The molecule has 0 aliphatic carbocycles. The Labute approximate surface area is 151 Å². The molecule has 0 fully saturated rings. The smallest absolute Gasteiger partial charge is 0.298 e. The molecular formula is C15H6Cl2F8O. The van der Waals surface area contributed by atoms with Crippen molar-refractivity contribution in [1.82, 2.24) is 0 Å². The summed E-state index contributed by atoms with van der Waals surface area (Å²) in [6.07, 6.45) is -9.14. The highest BCUT2D eigenvalue weighted by Gasteiger charge is 2.32. The molecule has 0 amide bonds. The number of hydrogen-bond donors (Lipinski definition) is 0. The van der Waals surface area contributed by atoms with E-state index < -0.39 is 50.7 Å². The molecule has 0 saturated carbocycles. The molecular weight excluding hydrogens is 419 g/mol. The average Bonchev–Trinajstić information content (AvgIpc) is 2.51. The van der Waals surface area contributed by atoms with Crippen molar-refractivity contribution in [2.24, 2.45) is 0 Å². The van der Waals surface area contributed by atoms with Gasteiger partial charge in [0, 0.05) is 0 Å². The lowest BCUT2D eigenvalue weighted by Crippen LogP contribution is -2.06. The minimum absolute atomic E-state index is 0.0174. The van der Waals surface area contributed by atoms with Gasteiger partial charge in [0.05, 0.1) is 26.7 Å². The normalized spacial score (nSPS) is 11.6. The molecule has 1 nitrogen and oxygen atoms in total. The van der Waals surface area contributed by atoms with Crippen LogP contribution in [0.5, 0.6) is 0 Å². The van der Waals surface area contributed by atoms with Crippen molar-refractivity contribution < 1.29 is 39.9 Å². The highest BCUT2D eigenvalue weighted by molar-refractivity contribution is 6.31. The van der Waals surface area contributed by atoms with Gasteiger partial charge in [0.2, 0.25) is 0 Å². The summed E-state index contributed by atoms with van der Waals surface area (Å²) in [7, 11) is 0. The van der Waals surface area contributed by atoms with Crippen LogP contribution in [0.15, 0.2) is 30.3 Å². The van der Waals surface area contributed by atoms with Crippen LogP contribution in [0.3, 0.4) is 0 Å². The second-order valence-electron chi connectivity index (χ2n) is 4.60. The van der Waals surface area contributed by atoms with Gasteiger partial charge >= 0.3 is 12.4 Å². The van der Waals surface area contributed by atoms with Crippen LogP contribution in [-0.2, 0) is 12.4 Å². The standard InChI is InChI=1S/C8H3ClF4O.C7H3ClF4/c9-6-2-5(8(11,12)13)1-4(3-14)7(6)10;8-5-3-4(7(10,11)12)1-2-6(5)9/h1-3H;1-3H.